The van der Waals surface area contributed by atoms with Crippen LogP contribution >= 0.6 is 0 Å². The van der Waals surface area contributed by atoms with E-state index in [1.807, 2.05) is 19.3 Å². The van der Waals surface area contributed by atoms with Gasteiger partial charge in [0.1, 0.15) is 5.82 Å². The van der Waals surface area contributed by atoms with E-state index in [-0.39, 0.29) is 0 Å². The van der Waals surface area contributed by atoms with E-state index in [4.69, 9.17) is 0 Å². The second kappa shape index (κ2) is 11.2. The first-order chi connectivity index (χ1) is 13.8. The fourth-order valence-corrected chi connectivity index (χ4v) is 4.01. The molecule has 3 rings (SSSR count). The average Bonchev–Trinajstić information content (AvgIpc) is 2.77. The highest BCUT2D eigenvalue weighted by Gasteiger charge is 2.20. The molecule has 2 fully saturated rings. The average molecular weight is 388 g/mol. The van der Waals surface area contributed by atoms with Crippen molar-refractivity contribution in [3.63, 3.8) is 0 Å². The van der Waals surface area contributed by atoms with Gasteiger partial charge in [0, 0.05) is 72.1 Å². The van der Waals surface area contributed by atoms with Gasteiger partial charge in [0.2, 0.25) is 0 Å². The van der Waals surface area contributed by atoms with E-state index < -0.39 is 0 Å². The maximum absolute atomic E-state index is 4.50. The smallest absolute Gasteiger partial charge is 0.193 e. The van der Waals surface area contributed by atoms with Crippen LogP contribution in [0.5, 0.6) is 0 Å². The molecule has 1 aromatic rings. The van der Waals surface area contributed by atoms with Crippen LogP contribution in [0.4, 0.5) is 5.82 Å². The van der Waals surface area contributed by atoms with Gasteiger partial charge < -0.3 is 24.9 Å². The summed E-state index contributed by atoms with van der Waals surface area (Å²) in [5.41, 5.74) is 0. The molecule has 0 saturated carbocycles. The lowest BCUT2D eigenvalue weighted by Gasteiger charge is -2.37. The van der Waals surface area contributed by atoms with E-state index in [0.29, 0.717) is 0 Å². The molecule has 7 heteroatoms. The predicted octanol–water partition coefficient (Wildman–Crippen LogP) is 1.20. The van der Waals surface area contributed by atoms with Crippen molar-refractivity contribution in [2.24, 2.45) is 4.99 Å². The summed E-state index contributed by atoms with van der Waals surface area (Å²) in [7, 11) is 1.89. The highest BCUT2D eigenvalue weighted by atomic mass is 15.4. The lowest BCUT2D eigenvalue weighted by Crippen LogP contribution is -2.52. The predicted molar refractivity (Wildman–Crippen MR) is 117 cm³/mol. The van der Waals surface area contributed by atoms with Crippen molar-refractivity contribution in [1.82, 2.24) is 25.0 Å². The monoisotopic (exact) mass is 387 g/mol. The lowest BCUT2D eigenvalue weighted by atomic mass is 10.2. The Balaban J connectivity index is 1.30. The number of hydrogen-bond acceptors (Lipinski definition) is 5. The minimum Gasteiger partial charge on any atom is -0.356 e. The maximum Gasteiger partial charge on any atom is 0.193 e. The molecule has 1 N–H and O–H groups in total. The molecular formula is C21H37N7. The highest BCUT2D eigenvalue weighted by molar-refractivity contribution is 5.80. The summed E-state index contributed by atoms with van der Waals surface area (Å²) in [6, 6.07) is 6.11. The maximum atomic E-state index is 4.50. The quantitative estimate of drug-likeness (QED) is 0.431. The first-order valence-electron chi connectivity index (χ1n) is 10.9. The van der Waals surface area contributed by atoms with Crippen LogP contribution in [0.1, 0.15) is 19.8 Å². The molecule has 3 heterocycles. The fraction of sp³-hybridized carbons (Fsp3) is 0.714. The Bertz CT molecular complexity index is 576. The van der Waals surface area contributed by atoms with Crippen LogP contribution in [0.3, 0.4) is 0 Å². The Morgan fingerprint density at radius 3 is 2.39 bits per heavy atom. The number of nitrogens with zero attached hydrogens (tertiary/aromatic N) is 6. The van der Waals surface area contributed by atoms with Crippen molar-refractivity contribution in [3.05, 3.63) is 24.4 Å². The Labute approximate surface area is 170 Å². The Hall–Kier alpha value is -1.86. The number of anilines is 1. The molecule has 0 aromatic carbocycles. The third kappa shape index (κ3) is 6.07. The molecule has 1 aromatic heterocycles. The normalized spacial score (nSPS) is 19.9. The summed E-state index contributed by atoms with van der Waals surface area (Å²) in [4.78, 5) is 18.8. The molecule has 28 heavy (non-hydrogen) atoms. The molecule has 2 aliphatic rings. The van der Waals surface area contributed by atoms with Crippen LogP contribution in [-0.2, 0) is 0 Å². The van der Waals surface area contributed by atoms with Crippen molar-refractivity contribution in [2.75, 3.05) is 83.9 Å². The van der Waals surface area contributed by atoms with E-state index in [1.54, 1.807) is 0 Å². The van der Waals surface area contributed by atoms with Gasteiger partial charge in [0.05, 0.1) is 0 Å². The highest BCUT2D eigenvalue weighted by Crippen LogP contribution is 2.12. The van der Waals surface area contributed by atoms with E-state index in [2.05, 4.69) is 53.9 Å². The van der Waals surface area contributed by atoms with E-state index in [9.17, 15) is 0 Å². The van der Waals surface area contributed by atoms with Crippen molar-refractivity contribution in [2.45, 2.75) is 19.8 Å². The van der Waals surface area contributed by atoms with Gasteiger partial charge in [-0.2, -0.15) is 0 Å². The molecule has 0 spiro atoms. The summed E-state index contributed by atoms with van der Waals surface area (Å²) in [5, 5.41) is 3.56. The van der Waals surface area contributed by atoms with Crippen LogP contribution in [0, 0.1) is 0 Å². The summed E-state index contributed by atoms with van der Waals surface area (Å²) >= 11 is 0. The first-order valence-corrected chi connectivity index (χ1v) is 10.9. The molecule has 156 valence electrons. The molecule has 0 unspecified atom stereocenters. The second-order valence-electron chi connectivity index (χ2n) is 7.62. The topological polar surface area (TPSA) is 50.2 Å². The van der Waals surface area contributed by atoms with Crippen LogP contribution in [0.15, 0.2) is 29.4 Å². The Morgan fingerprint density at radius 2 is 1.75 bits per heavy atom. The van der Waals surface area contributed by atoms with Crippen LogP contribution < -0.4 is 10.2 Å². The van der Waals surface area contributed by atoms with Gasteiger partial charge in [-0.25, -0.2) is 4.98 Å². The molecule has 2 saturated heterocycles. The van der Waals surface area contributed by atoms with Gasteiger partial charge in [-0.15, -0.1) is 0 Å². The molecule has 0 atom stereocenters. The molecule has 2 aliphatic heterocycles. The molecule has 0 amide bonds. The van der Waals surface area contributed by atoms with Crippen LogP contribution in [0.2, 0.25) is 0 Å². The number of nitrogens with one attached hydrogen (secondary N) is 1. The molecular weight excluding hydrogens is 350 g/mol. The first kappa shape index (κ1) is 20.9. The number of hydrogen-bond donors (Lipinski definition) is 1. The summed E-state index contributed by atoms with van der Waals surface area (Å²) in [6.45, 7) is 14.5. The molecule has 7 nitrogen and oxygen atoms in total. The van der Waals surface area contributed by atoms with Crippen LogP contribution in [0.25, 0.3) is 0 Å². The molecule has 0 bridgehead atoms. The largest absolute Gasteiger partial charge is 0.356 e. The zero-order chi connectivity index (χ0) is 19.6. The summed E-state index contributed by atoms with van der Waals surface area (Å²) < 4.78 is 0. The zero-order valence-corrected chi connectivity index (χ0v) is 17.7. The summed E-state index contributed by atoms with van der Waals surface area (Å²) in [5.74, 6) is 2.11. The van der Waals surface area contributed by atoms with Gasteiger partial charge in [-0.3, -0.25) is 4.99 Å². The minimum atomic E-state index is 0.984. The Morgan fingerprint density at radius 1 is 1.00 bits per heavy atom. The number of guanidine groups is 1. The third-order valence-corrected chi connectivity index (χ3v) is 5.86. The van der Waals surface area contributed by atoms with Gasteiger partial charge in [-0.05, 0) is 38.1 Å². The van der Waals surface area contributed by atoms with Gasteiger partial charge in [0.15, 0.2) is 5.96 Å². The minimum absolute atomic E-state index is 0.984. The van der Waals surface area contributed by atoms with Crippen molar-refractivity contribution in [1.29, 1.82) is 0 Å². The standard InChI is InChI=1S/C21H37N7/c1-3-25-12-14-26(15-13-25)11-7-6-10-24-21(22-2)28-18-16-27(17-19-28)20-8-4-5-9-23-20/h4-5,8-9H,3,6-7,10-19H2,1-2H3,(H,22,24). The number of unbranched alkanes of at least 4 members (excludes halogenated alkanes) is 1. The fourth-order valence-electron chi connectivity index (χ4n) is 4.01. The SMILES string of the molecule is CCN1CCN(CCCCNC(=NC)N2CCN(c3ccccn3)CC2)CC1. The van der Waals surface area contributed by atoms with Crippen LogP contribution in [-0.4, -0.2) is 105 Å². The van der Waals surface area contributed by atoms with Gasteiger partial charge in [-0.1, -0.05) is 13.0 Å². The number of rotatable bonds is 7. The summed E-state index contributed by atoms with van der Waals surface area (Å²) in [6.07, 6.45) is 4.32. The lowest BCUT2D eigenvalue weighted by molar-refractivity contribution is 0.136. The van der Waals surface area contributed by atoms with E-state index in [0.717, 1.165) is 44.5 Å². The van der Waals surface area contributed by atoms with E-state index in [1.165, 1.54) is 52.1 Å². The molecule has 0 aliphatic carbocycles. The number of pyridine rings is 1. The van der Waals surface area contributed by atoms with Crippen molar-refractivity contribution >= 4 is 11.8 Å². The number of aliphatic imine (C=N–C) groups is 1. The van der Waals surface area contributed by atoms with Gasteiger partial charge in [0.25, 0.3) is 0 Å². The second-order valence-corrected chi connectivity index (χ2v) is 7.62. The van der Waals surface area contributed by atoms with Crippen molar-refractivity contribution in [3.8, 4) is 0 Å². The number of piperazine rings is 2. The van der Waals surface area contributed by atoms with E-state index >= 15 is 0 Å². The zero-order valence-electron chi connectivity index (χ0n) is 17.7. The number of likely N-dealkylation sites (N-methyl/N-ethyl adjacent to an activating group) is 1. The Kier molecular flexibility index (Phi) is 8.36. The van der Waals surface area contributed by atoms with Crippen molar-refractivity contribution < 1.29 is 0 Å². The van der Waals surface area contributed by atoms with Gasteiger partial charge >= 0.3 is 0 Å². The third-order valence-electron chi connectivity index (χ3n) is 5.86. The number of aromatic nitrogens is 1. The molecule has 0 radical (unpaired) electrons.